The number of fused-ring (bicyclic) bond motifs is 1. The standard InChI is InChI=1S/C9H11N5/c10-4-6-3-8-9(11-5-6)14(13-12-8)7-1-2-7/h3,5,7H,1-2,4,10H2. The highest BCUT2D eigenvalue weighted by Gasteiger charge is 2.26. The number of pyridine rings is 1. The maximum Gasteiger partial charge on any atom is 0.178 e. The maximum absolute atomic E-state index is 5.52. The van der Waals surface area contributed by atoms with Crippen LogP contribution in [0.3, 0.4) is 0 Å². The first-order valence-electron chi connectivity index (χ1n) is 4.78. The normalized spacial score (nSPS) is 16.4. The smallest absolute Gasteiger partial charge is 0.178 e. The van der Waals surface area contributed by atoms with Crippen molar-refractivity contribution >= 4 is 11.2 Å². The molecule has 0 amide bonds. The number of hydrogen-bond acceptors (Lipinski definition) is 4. The second kappa shape index (κ2) is 2.75. The summed E-state index contributed by atoms with van der Waals surface area (Å²) in [6, 6.07) is 2.48. The average Bonchev–Trinajstić information content (AvgIpc) is 2.98. The molecule has 0 bridgehead atoms. The zero-order valence-electron chi connectivity index (χ0n) is 7.72. The van der Waals surface area contributed by atoms with Gasteiger partial charge in [-0.05, 0) is 24.5 Å². The lowest BCUT2D eigenvalue weighted by atomic mass is 10.3. The van der Waals surface area contributed by atoms with Crippen LogP contribution in [-0.2, 0) is 6.54 Å². The van der Waals surface area contributed by atoms with Crippen LogP contribution in [0, 0.1) is 0 Å². The molecule has 0 atom stereocenters. The Balaban J connectivity index is 2.17. The first-order chi connectivity index (χ1) is 6.88. The monoisotopic (exact) mass is 189 g/mol. The Labute approximate surface area is 80.9 Å². The van der Waals surface area contributed by atoms with Crippen LogP contribution in [0.1, 0.15) is 24.4 Å². The lowest BCUT2D eigenvalue weighted by Gasteiger charge is -1.97. The summed E-state index contributed by atoms with van der Waals surface area (Å²) in [5, 5.41) is 8.18. The van der Waals surface area contributed by atoms with Crippen molar-refractivity contribution in [2.45, 2.75) is 25.4 Å². The zero-order valence-corrected chi connectivity index (χ0v) is 7.72. The number of aromatic nitrogens is 4. The van der Waals surface area contributed by atoms with Gasteiger partial charge in [0.2, 0.25) is 0 Å². The molecule has 5 heteroatoms. The van der Waals surface area contributed by atoms with E-state index in [1.54, 1.807) is 6.20 Å². The van der Waals surface area contributed by atoms with Crippen LogP contribution in [0.5, 0.6) is 0 Å². The van der Waals surface area contributed by atoms with E-state index in [0.29, 0.717) is 12.6 Å². The molecule has 0 aliphatic heterocycles. The molecule has 0 saturated heterocycles. The Bertz CT molecular complexity index is 471. The maximum atomic E-state index is 5.52. The van der Waals surface area contributed by atoms with Gasteiger partial charge >= 0.3 is 0 Å². The molecule has 1 aliphatic rings. The van der Waals surface area contributed by atoms with Crippen molar-refractivity contribution in [1.82, 2.24) is 20.0 Å². The van der Waals surface area contributed by atoms with Gasteiger partial charge in [-0.2, -0.15) is 0 Å². The van der Waals surface area contributed by atoms with Crippen LogP contribution in [0.2, 0.25) is 0 Å². The summed E-state index contributed by atoms with van der Waals surface area (Å²) in [4.78, 5) is 4.33. The zero-order chi connectivity index (χ0) is 9.54. The Kier molecular flexibility index (Phi) is 1.55. The van der Waals surface area contributed by atoms with Crippen molar-refractivity contribution in [1.29, 1.82) is 0 Å². The Hall–Kier alpha value is -1.49. The molecule has 2 N–H and O–H groups in total. The first kappa shape index (κ1) is 7.87. The lowest BCUT2D eigenvalue weighted by molar-refractivity contribution is 0.625. The van der Waals surface area contributed by atoms with E-state index in [9.17, 15) is 0 Å². The minimum atomic E-state index is 0.499. The molecule has 1 aliphatic carbocycles. The quantitative estimate of drug-likeness (QED) is 0.751. The largest absolute Gasteiger partial charge is 0.326 e. The van der Waals surface area contributed by atoms with Crippen molar-refractivity contribution in [3.05, 3.63) is 17.8 Å². The third-order valence-electron chi connectivity index (χ3n) is 2.50. The van der Waals surface area contributed by atoms with Gasteiger partial charge in [-0.1, -0.05) is 5.21 Å². The molecule has 5 nitrogen and oxygen atoms in total. The van der Waals surface area contributed by atoms with E-state index in [0.717, 1.165) is 16.7 Å². The number of nitrogens with zero attached hydrogens (tertiary/aromatic N) is 4. The predicted octanol–water partition coefficient (Wildman–Crippen LogP) is 0.620. The van der Waals surface area contributed by atoms with E-state index in [1.807, 2.05) is 10.7 Å². The summed E-state index contributed by atoms with van der Waals surface area (Å²) in [6.07, 6.45) is 4.18. The molecule has 2 aromatic heterocycles. The molecule has 14 heavy (non-hydrogen) atoms. The van der Waals surface area contributed by atoms with E-state index in [1.165, 1.54) is 12.8 Å². The molecule has 2 heterocycles. The summed E-state index contributed by atoms with van der Waals surface area (Å²) < 4.78 is 1.91. The lowest BCUT2D eigenvalue weighted by Crippen LogP contribution is -1.99. The third-order valence-corrected chi connectivity index (χ3v) is 2.50. The SMILES string of the molecule is NCc1cnc2c(c1)nnn2C1CC1. The van der Waals surface area contributed by atoms with Crippen LogP contribution in [0.15, 0.2) is 12.3 Å². The van der Waals surface area contributed by atoms with Gasteiger partial charge < -0.3 is 5.73 Å². The van der Waals surface area contributed by atoms with Crippen molar-refractivity contribution in [3.63, 3.8) is 0 Å². The second-order valence-corrected chi connectivity index (χ2v) is 3.66. The molecule has 2 aromatic rings. The molecule has 0 spiro atoms. The number of hydrogen-bond donors (Lipinski definition) is 1. The summed E-state index contributed by atoms with van der Waals surface area (Å²) in [5.41, 5.74) is 8.25. The molecule has 0 aromatic carbocycles. The van der Waals surface area contributed by atoms with Gasteiger partial charge in [-0.3, -0.25) is 0 Å². The van der Waals surface area contributed by atoms with E-state index < -0.39 is 0 Å². The average molecular weight is 189 g/mol. The van der Waals surface area contributed by atoms with Gasteiger partial charge in [0.15, 0.2) is 5.65 Å². The fourth-order valence-corrected chi connectivity index (χ4v) is 1.55. The van der Waals surface area contributed by atoms with Crippen LogP contribution < -0.4 is 5.73 Å². The third kappa shape index (κ3) is 1.09. The summed E-state index contributed by atoms with van der Waals surface area (Å²) in [6.45, 7) is 0.499. The van der Waals surface area contributed by atoms with Gasteiger partial charge in [-0.15, -0.1) is 5.10 Å². The van der Waals surface area contributed by atoms with Gasteiger partial charge in [-0.25, -0.2) is 9.67 Å². The molecule has 0 radical (unpaired) electrons. The van der Waals surface area contributed by atoms with E-state index in [-0.39, 0.29) is 0 Å². The van der Waals surface area contributed by atoms with Crippen LogP contribution >= 0.6 is 0 Å². The molecular formula is C9H11N5. The summed E-state index contributed by atoms with van der Waals surface area (Å²) in [7, 11) is 0. The van der Waals surface area contributed by atoms with Gasteiger partial charge in [0, 0.05) is 12.7 Å². The Morgan fingerprint density at radius 1 is 1.50 bits per heavy atom. The highest BCUT2D eigenvalue weighted by Crippen LogP contribution is 2.35. The number of nitrogens with two attached hydrogens (primary N) is 1. The highest BCUT2D eigenvalue weighted by atomic mass is 15.5. The van der Waals surface area contributed by atoms with E-state index >= 15 is 0 Å². The fourth-order valence-electron chi connectivity index (χ4n) is 1.55. The van der Waals surface area contributed by atoms with Gasteiger partial charge in [0.05, 0.1) is 6.04 Å². The van der Waals surface area contributed by atoms with Gasteiger partial charge in [0.1, 0.15) is 5.52 Å². The molecule has 72 valence electrons. The van der Waals surface area contributed by atoms with E-state index in [2.05, 4.69) is 15.3 Å². The fraction of sp³-hybridized carbons (Fsp3) is 0.444. The van der Waals surface area contributed by atoms with Crippen LogP contribution in [0.25, 0.3) is 11.2 Å². The summed E-state index contributed by atoms with van der Waals surface area (Å²) in [5.74, 6) is 0. The molecule has 1 fully saturated rings. The summed E-state index contributed by atoms with van der Waals surface area (Å²) >= 11 is 0. The van der Waals surface area contributed by atoms with E-state index in [4.69, 9.17) is 5.73 Å². The van der Waals surface area contributed by atoms with Crippen molar-refractivity contribution in [2.24, 2.45) is 5.73 Å². The minimum absolute atomic E-state index is 0.499. The minimum Gasteiger partial charge on any atom is -0.326 e. The van der Waals surface area contributed by atoms with Gasteiger partial charge in [0.25, 0.3) is 0 Å². The predicted molar refractivity (Wildman–Crippen MR) is 51.5 cm³/mol. The Morgan fingerprint density at radius 3 is 3.07 bits per heavy atom. The molecular weight excluding hydrogens is 178 g/mol. The van der Waals surface area contributed by atoms with Crippen LogP contribution in [0.4, 0.5) is 0 Å². The molecule has 3 rings (SSSR count). The van der Waals surface area contributed by atoms with Crippen molar-refractivity contribution in [2.75, 3.05) is 0 Å². The Morgan fingerprint density at radius 2 is 2.36 bits per heavy atom. The first-order valence-corrected chi connectivity index (χ1v) is 4.78. The second-order valence-electron chi connectivity index (χ2n) is 3.66. The molecule has 1 saturated carbocycles. The molecule has 0 unspecified atom stereocenters. The topological polar surface area (TPSA) is 69.6 Å². The highest BCUT2D eigenvalue weighted by molar-refractivity contribution is 5.70. The van der Waals surface area contributed by atoms with Crippen LogP contribution in [-0.4, -0.2) is 20.0 Å². The van der Waals surface area contributed by atoms with Crippen molar-refractivity contribution in [3.8, 4) is 0 Å². The number of rotatable bonds is 2. The van der Waals surface area contributed by atoms with Crippen molar-refractivity contribution < 1.29 is 0 Å².